The van der Waals surface area contributed by atoms with Gasteiger partial charge in [-0.3, -0.25) is 9.59 Å². The highest BCUT2D eigenvalue weighted by Crippen LogP contribution is 2.20. The fourth-order valence-electron chi connectivity index (χ4n) is 2.23. The summed E-state index contributed by atoms with van der Waals surface area (Å²) in [5, 5.41) is 8.84. The zero-order valence-electron chi connectivity index (χ0n) is 10.6. The van der Waals surface area contributed by atoms with Crippen LogP contribution in [0.5, 0.6) is 0 Å². The van der Waals surface area contributed by atoms with Gasteiger partial charge in [0.05, 0.1) is 0 Å². The third-order valence-corrected chi connectivity index (χ3v) is 3.32. The van der Waals surface area contributed by atoms with E-state index in [1.54, 1.807) is 0 Å². The minimum absolute atomic E-state index is 0. The topological polar surface area (TPSA) is 83.6 Å². The Morgan fingerprint density at radius 2 is 1.83 bits per heavy atom. The molecule has 1 heterocycles. The number of hydrogen-bond acceptors (Lipinski definition) is 3. The molecule has 1 saturated heterocycles. The summed E-state index contributed by atoms with van der Waals surface area (Å²) < 4.78 is 0. The van der Waals surface area contributed by atoms with Crippen LogP contribution < -0.4 is 5.73 Å². The molecule has 0 aromatic rings. The highest BCUT2D eigenvalue weighted by molar-refractivity contribution is 5.85. The van der Waals surface area contributed by atoms with Crippen LogP contribution in [0.25, 0.3) is 0 Å². The standard InChI is InChI=1S/C12H22N2O3.ClH/c13-11(16)2-1-3-12(17)14-7-4-10(5-8-14)6-9-15;/h10,15H,1-9H2,(H2,13,16);1H. The first-order chi connectivity index (χ1) is 8.13. The highest BCUT2D eigenvalue weighted by atomic mass is 35.5. The Labute approximate surface area is 114 Å². The van der Waals surface area contributed by atoms with E-state index < -0.39 is 0 Å². The lowest BCUT2D eigenvalue weighted by Crippen LogP contribution is -2.38. The van der Waals surface area contributed by atoms with Gasteiger partial charge < -0.3 is 15.7 Å². The van der Waals surface area contributed by atoms with Crippen LogP contribution in [0.4, 0.5) is 0 Å². The summed E-state index contributed by atoms with van der Waals surface area (Å²) in [6, 6.07) is 0. The Morgan fingerprint density at radius 1 is 1.22 bits per heavy atom. The van der Waals surface area contributed by atoms with E-state index in [0.717, 1.165) is 32.4 Å². The molecule has 1 rings (SSSR count). The number of amides is 2. The van der Waals surface area contributed by atoms with E-state index in [1.807, 2.05) is 4.90 Å². The van der Waals surface area contributed by atoms with Crippen molar-refractivity contribution in [3.63, 3.8) is 0 Å². The summed E-state index contributed by atoms with van der Waals surface area (Å²) in [5.74, 6) is 0.322. The number of rotatable bonds is 6. The molecule has 106 valence electrons. The Hall–Kier alpha value is -0.810. The maximum absolute atomic E-state index is 11.8. The maximum Gasteiger partial charge on any atom is 0.222 e. The molecular formula is C12H23ClN2O3. The summed E-state index contributed by atoms with van der Waals surface area (Å²) >= 11 is 0. The molecule has 1 fully saturated rings. The molecule has 1 aliphatic heterocycles. The SMILES string of the molecule is Cl.NC(=O)CCCC(=O)N1CCC(CCO)CC1. The van der Waals surface area contributed by atoms with Crippen LogP contribution >= 0.6 is 12.4 Å². The maximum atomic E-state index is 11.8. The molecule has 0 radical (unpaired) electrons. The molecule has 0 bridgehead atoms. The molecular weight excluding hydrogens is 256 g/mol. The average Bonchev–Trinajstić information content (AvgIpc) is 2.30. The van der Waals surface area contributed by atoms with Gasteiger partial charge in [0.1, 0.15) is 0 Å². The van der Waals surface area contributed by atoms with Gasteiger partial charge in [-0.15, -0.1) is 12.4 Å². The van der Waals surface area contributed by atoms with Crippen molar-refractivity contribution in [2.24, 2.45) is 11.7 Å². The summed E-state index contributed by atoms with van der Waals surface area (Å²) in [7, 11) is 0. The van der Waals surface area contributed by atoms with Crippen molar-refractivity contribution < 1.29 is 14.7 Å². The highest BCUT2D eigenvalue weighted by Gasteiger charge is 2.21. The molecule has 0 unspecified atom stereocenters. The van der Waals surface area contributed by atoms with Crippen molar-refractivity contribution in [3.8, 4) is 0 Å². The Kier molecular flexibility index (Phi) is 8.75. The second kappa shape index (κ2) is 9.16. The van der Waals surface area contributed by atoms with Crippen molar-refractivity contribution in [2.45, 2.75) is 38.5 Å². The number of aliphatic hydroxyl groups is 1. The van der Waals surface area contributed by atoms with E-state index in [-0.39, 0.29) is 37.2 Å². The van der Waals surface area contributed by atoms with Crippen molar-refractivity contribution in [2.75, 3.05) is 19.7 Å². The molecule has 1 aliphatic rings. The molecule has 2 amide bonds. The Morgan fingerprint density at radius 3 is 2.33 bits per heavy atom. The minimum atomic E-state index is -0.348. The van der Waals surface area contributed by atoms with Crippen molar-refractivity contribution in [1.82, 2.24) is 4.90 Å². The summed E-state index contributed by atoms with van der Waals surface area (Å²) in [6.45, 7) is 1.79. The van der Waals surface area contributed by atoms with Gasteiger partial charge in [-0.05, 0) is 31.6 Å². The number of likely N-dealkylation sites (tertiary alicyclic amines) is 1. The smallest absolute Gasteiger partial charge is 0.222 e. The molecule has 0 spiro atoms. The third kappa shape index (κ3) is 6.21. The van der Waals surface area contributed by atoms with Crippen molar-refractivity contribution in [1.29, 1.82) is 0 Å². The van der Waals surface area contributed by atoms with Gasteiger partial charge >= 0.3 is 0 Å². The van der Waals surface area contributed by atoms with E-state index in [2.05, 4.69) is 0 Å². The average molecular weight is 279 g/mol. The van der Waals surface area contributed by atoms with E-state index in [0.29, 0.717) is 18.8 Å². The number of hydrogen-bond donors (Lipinski definition) is 2. The Balaban J connectivity index is 0.00000289. The van der Waals surface area contributed by atoms with Gasteiger partial charge in [-0.2, -0.15) is 0 Å². The van der Waals surface area contributed by atoms with Crippen LogP contribution in [0.3, 0.4) is 0 Å². The molecule has 0 aromatic carbocycles. The predicted octanol–water partition coefficient (Wildman–Crippen LogP) is 0.685. The zero-order valence-corrected chi connectivity index (χ0v) is 11.5. The van der Waals surface area contributed by atoms with Crippen LogP contribution in [0, 0.1) is 5.92 Å². The van der Waals surface area contributed by atoms with Crippen LogP contribution in [0.2, 0.25) is 0 Å². The fraction of sp³-hybridized carbons (Fsp3) is 0.833. The van der Waals surface area contributed by atoms with E-state index in [4.69, 9.17) is 10.8 Å². The van der Waals surface area contributed by atoms with Gasteiger partial charge in [0, 0.05) is 32.5 Å². The molecule has 6 heteroatoms. The Bertz CT molecular complexity index is 266. The monoisotopic (exact) mass is 278 g/mol. The number of halogens is 1. The lowest BCUT2D eigenvalue weighted by atomic mass is 9.94. The van der Waals surface area contributed by atoms with Gasteiger partial charge in [0.25, 0.3) is 0 Å². The molecule has 0 aromatic heterocycles. The number of piperidine rings is 1. The van der Waals surface area contributed by atoms with E-state index in [9.17, 15) is 9.59 Å². The number of nitrogens with two attached hydrogens (primary N) is 1. The molecule has 18 heavy (non-hydrogen) atoms. The molecule has 5 nitrogen and oxygen atoms in total. The van der Waals surface area contributed by atoms with Crippen LogP contribution in [0.1, 0.15) is 38.5 Å². The third-order valence-electron chi connectivity index (χ3n) is 3.32. The van der Waals surface area contributed by atoms with Gasteiger partial charge in [-0.1, -0.05) is 0 Å². The summed E-state index contributed by atoms with van der Waals surface area (Å²) in [5.41, 5.74) is 5.02. The second-order valence-electron chi connectivity index (χ2n) is 4.66. The van der Waals surface area contributed by atoms with Crippen LogP contribution in [-0.4, -0.2) is 41.5 Å². The number of primary amides is 1. The molecule has 3 N–H and O–H groups in total. The molecule has 0 atom stereocenters. The summed E-state index contributed by atoms with van der Waals surface area (Å²) in [4.78, 5) is 24.2. The van der Waals surface area contributed by atoms with Crippen molar-refractivity contribution >= 4 is 24.2 Å². The number of carbonyl (C=O) groups is 2. The fourth-order valence-corrected chi connectivity index (χ4v) is 2.23. The normalized spacial score (nSPS) is 16.2. The first kappa shape index (κ1) is 17.2. The second-order valence-corrected chi connectivity index (χ2v) is 4.66. The molecule has 0 saturated carbocycles. The summed E-state index contributed by atoms with van der Waals surface area (Å²) in [6.07, 6.45) is 4.03. The lowest BCUT2D eigenvalue weighted by Gasteiger charge is -2.31. The predicted molar refractivity (Wildman–Crippen MR) is 71.3 cm³/mol. The number of nitrogens with zero attached hydrogens (tertiary/aromatic N) is 1. The largest absolute Gasteiger partial charge is 0.396 e. The van der Waals surface area contributed by atoms with E-state index in [1.165, 1.54) is 0 Å². The number of carbonyl (C=O) groups excluding carboxylic acids is 2. The quantitative estimate of drug-likeness (QED) is 0.750. The van der Waals surface area contributed by atoms with Crippen molar-refractivity contribution in [3.05, 3.63) is 0 Å². The minimum Gasteiger partial charge on any atom is -0.396 e. The van der Waals surface area contributed by atoms with Gasteiger partial charge in [-0.25, -0.2) is 0 Å². The van der Waals surface area contributed by atoms with Gasteiger partial charge in [0.15, 0.2) is 0 Å². The molecule has 0 aliphatic carbocycles. The van der Waals surface area contributed by atoms with Crippen LogP contribution in [0.15, 0.2) is 0 Å². The zero-order chi connectivity index (χ0) is 12.7. The van der Waals surface area contributed by atoms with E-state index >= 15 is 0 Å². The number of aliphatic hydroxyl groups excluding tert-OH is 1. The van der Waals surface area contributed by atoms with Gasteiger partial charge in [0.2, 0.25) is 11.8 Å². The lowest BCUT2D eigenvalue weighted by molar-refractivity contribution is -0.132. The first-order valence-electron chi connectivity index (χ1n) is 6.30. The van der Waals surface area contributed by atoms with Crippen LogP contribution in [-0.2, 0) is 9.59 Å². The first-order valence-corrected chi connectivity index (χ1v) is 6.30.